The van der Waals surface area contributed by atoms with Crippen molar-refractivity contribution in [2.75, 3.05) is 31.1 Å². The third-order valence-electron chi connectivity index (χ3n) is 10.5. The molecule has 60 heavy (non-hydrogen) atoms. The van der Waals surface area contributed by atoms with Gasteiger partial charge in [-0.2, -0.15) is 0 Å². The fourth-order valence-corrected chi connectivity index (χ4v) is 9.48. The first-order valence-corrected chi connectivity index (χ1v) is 22.4. The van der Waals surface area contributed by atoms with E-state index in [1.54, 1.807) is 0 Å². The maximum absolute atomic E-state index is 13.8. The Morgan fingerprint density at radius 2 is 1.42 bits per heavy atom. The number of fused-ring (bicyclic) bond motifs is 1. The topological polar surface area (TPSA) is 322 Å². The number of carbonyl (C=O) groups excluding carboxylic acids is 8. The summed E-state index contributed by atoms with van der Waals surface area (Å²) in [7, 11) is 2.08. The van der Waals surface area contributed by atoms with Crippen molar-refractivity contribution in [3.8, 4) is 0 Å². The predicted molar refractivity (Wildman–Crippen MR) is 220 cm³/mol. The normalized spacial score (nSPS) is 27.9. The highest BCUT2D eigenvalue weighted by Crippen LogP contribution is 2.28. The van der Waals surface area contributed by atoms with Crippen molar-refractivity contribution in [2.45, 2.75) is 107 Å². The highest BCUT2D eigenvalue weighted by atomic mass is 33.1. The van der Waals surface area contributed by atoms with E-state index in [9.17, 15) is 53.4 Å². The maximum Gasteiger partial charge on any atom is 0.305 e. The Labute approximate surface area is 355 Å². The number of aliphatic carboxylic acids is 1. The number of nitrogens with zero attached hydrogens (tertiary/aromatic N) is 1. The van der Waals surface area contributed by atoms with Gasteiger partial charge in [0.25, 0.3) is 0 Å². The van der Waals surface area contributed by atoms with Gasteiger partial charge in [-0.15, -0.1) is 0 Å². The molecule has 12 N–H and O–H groups in total. The van der Waals surface area contributed by atoms with Crippen molar-refractivity contribution in [1.82, 2.24) is 36.8 Å². The van der Waals surface area contributed by atoms with Crippen molar-refractivity contribution in [2.24, 2.45) is 17.4 Å². The van der Waals surface area contributed by atoms with Gasteiger partial charge in [-0.3, -0.25) is 43.2 Å². The van der Waals surface area contributed by atoms with Gasteiger partial charge in [0.1, 0.15) is 30.2 Å². The zero-order chi connectivity index (χ0) is 43.8. The molecule has 0 aromatic heterocycles. The van der Waals surface area contributed by atoms with E-state index >= 15 is 0 Å². The van der Waals surface area contributed by atoms with Crippen molar-refractivity contribution >= 4 is 74.8 Å². The molecule has 2 saturated heterocycles. The smallest absolute Gasteiger partial charge is 0.305 e. The number of primary amides is 1. The average molecular weight is 878 g/mol. The number of hydrogen-bond acceptors (Lipinski definition) is 13. The summed E-state index contributed by atoms with van der Waals surface area (Å²) in [5.41, 5.74) is 12.5. The maximum atomic E-state index is 13.8. The first kappa shape index (κ1) is 47.7. The number of carboxylic acid groups (broad SMARTS) is 1. The van der Waals surface area contributed by atoms with Crippen LogP contribution in [0, 0.1) is 5.92 Å². The number of nitrogens with two attached hydrogens (primary N) is 2. The molecule has 330 valence electrons. The lowest BCUT2D eigenvalue weighted by Crippen LogP contribution is -2.57. The van der Waals surface area contributed by atoms with Crippen LogP contribution < -0.4 is 43.4 Å². The molecule has 22 heteroatoms. The van der Waals surface area contributed by atoms with Gasteiger partial charge in [-0.05, 0) is 30.7 Å². The lowest BCUT2D eigenvalue weighted by Gasteiger charge is -2.28. The van der Waals surface area contributed by atoms with E-state index < -0.39 is 115 Å². The van der Waals surface area contributed by atoms with Gasteiger partial charge in [-0.1, -0.05) is 84.0 Å². The summed E-state index contributed by atoms with van der Waals surface area (Å²) in [5.74, 6) is -7.99. The minimum Gasteiger partial charge on any atom is -0.481 e. The van der Waals surface area contributed by atoms with E-state index in [2.05, 4.69) is 31.9 Å². The number of nitrogens with one attached hydrogen (secondary N) is 6. The fourth-order valence-electron chi connectivity index (χ4n) is 7.18. The van der Waals surface area contributed by atoms with Crippen LogP contribution in [0.3, 0.4) is 0 Å². The third kappa shape index (κ3) is 15.3. The summed E-state index contributed by atoms with van der Waals surface area (Å²) in [5, 5.41) is 35.0. The zero-order valence-electron chi connectivity index (χ0n) is 33.1. The molecule has 2 aliphatic heterocycles. The Balaban J connectivity index is 1.59. The molecule has 20 nitrogen and oxygen atoms in total. The Morgan fingerprint density at radius 3 is 2.10 bits per heavy atom. The summed E-state index contributed by atoms with van der Waals surface area (Å²) in [4.78, 5) is 119. The number of benzene rings is 1. The van der Waals surface area contributed by atoms with Gasteiger partial charge < -0.3 is 58.5 Å². The van der Waals surface area contributed by atoms with Crippen LogP contribution in [0.25, 0.3) is 0 Å². The number of rotatable bonds is 8. The van der Waals surface area contributed by atoms with Gasteiger partial charge in [0.15, 0.2) is 0 Å². The Hall–Kier alpha value is -4.93. The molecule has 3 fully saturated rings. The molecule has 3 aliphatic rings. The monoisotopic (exact) mass is 877 g/mol. The van der Waals surface area contributed by atoms with Gasteiger partial charge in [0.2, 0.25) is 47.3 Å². The molecule has 0 bridgehead atoms. The number of amides is 8. The predicted octanol–water partition coefficient (Wildman–Crippen LogP) is -2.59. The molecule has 1 aromatic rings. The molecule has 0 unspecified atom stereocenters. The van der Waals surface area contributed by atoms with E-state index in [0.29, 0.717) is 6.42 Å². The first-order valence-electron chi connectivity index (χ1n) is 19.9. The number of carbonyl (C=O) groups is 9. The van der Waals surface area contributed by atoms with E-state index in [4.69, 9.17) is 11.5 Å². The van der Waals surface area contributed by atoms with E-state index in [-0.39, 0.29) is 43.2 Å². The van der Waals surface area contributed by atoms with Crippen molar-refractivity contribution in [1.29, 1.82) is 0 Å². The first-order chi connectivity index (χ1) is 28.6. The lowest BCUT2D eigenvalue weighted by atomic mass is 9.84. The van der Waals surface area contributed by atoms with Crippen LogP contribution in [0.1, 0.15) is 63.4 Å². The highest BCUT2D eigenvalue weighted by Gasteiger charge is 2.40. The standard InChI is InChI=1S/C38H55N9O11S2/c39-24-19-59-60-20-28(33(40)53)46-37(57)25(12-11-21-7-3-1-4-8-21)44-38(58)29-14-23(48)18-47(29)31(50)17-42-35(55)26(13-22-9-5-2-6-10-22)43-30(49)16-41-36(56)27(15-32(51)52)45-34(24)54/h1,3-4,7-8,22-29,48H,2,5-6,9-20,39H2,(H2,40,53)(H,41,56)(H,42,55)(H,43,49)(H,44,58)(H,45,54)(H,46,57)(H,51,52)/t23-,24+,25+,26+,27-,28+,29+/m1/s1. The largest absolute Gasteiger partial charge is 0.481 e. The van der Waals surface area contributed by atoms with Crippen LogP contribution in [-0.4, -0.2) is 142 Å². The lowest BCUT2D eigenvalue weighted by molar-refractivity contribution is -0.141. The Morgan fingerprint density at radius 1 is 0.767 bits per heavy atom. The molecular formula is C38H55N9O11S2. The minimum absolute atomic E-state index is 0.0726. The van der Waals surface area contributed by atoms with E-state index in [1.165, 1.54) is 0 Å². The number of aliphatic hydroxyl groups is 1. The van der Waals surface area contributed by atoms with Crippen LogP contribution in [-0.2, 0) is 49.6 Å². The SMILES string of the molecule is NC(=O)[C@@H]1CSSC[C@H](N)C(=O)N[C@H](CC(=O)O)C(=O)NCC(=O)N[C@@H](CC2CCCCC2)C(=O)NCC(=O)N2C[C@H](O)C[C@H]2C(=O)N[C@@H](CCc2ccccc2)C(=O)N1. The summed E-state index contributed by atoms with van der Waals surface area (Å²) in [6.07, 6.45) is 3.05. The van der Waals surface area contributed by atoms with E-state index in [1.807, 2.05) is 30.3 Å². The Kier molecular flexibility index (Phi) is 18.9. The quantitative estimate of drug-likeness (QED) is 0.120. The Bertz CT molecular complexity index is 1720. The summed E-state index contributed by atoms with van der Waals surface area (Å²) in [6, 6.07) is 1.42. The van der Waals surface area contributed by atoms with Crippen LogP contribution in [0.2, 0.25) is 0 Å². The average Bonchev–Trinajstić information content (AvgIpc) is 3.62. The van der Waals surface area contributed by atoms with Crippen LogP contribution in [0.5, 0.6) is 0 Å². The van der Waals surface area contributed by atoms with Gasteiger partial charge in [0, 0.05) is 24.5 Å². The number of aliphatic hydroxyl groups excluding tert-OH is 1. The van der Waals surface area contributed by atoms with Crippen molar-refractivity contribution < 1.29 is 53.4 Å². The minimum atomic E-state index is -1.62. The summed E-state index contributed by atoms with van der Waals surface area (Å²) < 4.78 is 0. The molecule has 2 heterocycles. The van der Waals surface area contributed by atoms with Gasteiger partial charge >= 0.3 is 5.97 Å². The van der Waals surface area contributed by atoms with Crippen LogP contribution in [0.15, 0.2) is 30.3 Å². The number of carboxylic acids is 1. The van der Waals surface area contributed by atoms with Gasteiger partial charge in [-0.25, -0.2) is 0 Å². The molecule has 7 atom stereocenters. The molecule has 0 radical (unpaired) electrons. The van der Waals surface area contributed by atoms with Crippen LogP contribution in [0.4, 0.5) is 0 Å². The van der Waals surface area contributed by atoms with Gasteiger partial charge in [0.05, 0.1) is 31.7 Å². The molecule has 8 amide bonds. The second-order valence-electron chi connectivity index (χ2n) is 15.1. The highest BCUT2D eigenvalue weighted by molar-refractivity contribution is 8.76. The second kappa shape index (κ2) is 23.8. The molecule has 1 aliphatic carbocycles. The van der Waals surface area contributed by atoms with Crippen molar-refractivity contribution in [3.63, 3.8) is 0 Å². The third-order valence-corrected chi connectivity index (χ3v) is 12.9. The summed E-state index contributed by atoms with van der Waals surface area (Å²) in [6.45, 7) is -1.51. The second-order valence-corrected chi connectivity index (χ2v) is 17.7. The summed E-state index contributed by atoms with van der Waals surface area (Å²) >= 11 is 0. The van der Waals surface area contributed by atoms with Crippen molar-refractivity contribution in [3.05, 3.63) is 35.9 Å². The fraction of sp³-hybridized carbons (Fsp3) is 0.605. The zero-order valence-corrected chi connectivity index (χ0v) is 34.7. The van der Waals surface area contributed by atoms with E-state index in [0.717, 1.165) is 64.2 Å². The molecule has 1 aromatic carbocycles. The molecule has 1 saturated carbocycles. The molecule has 4 rings (SSSR count). The molecule has 0 spiro atoms. The number of aryl methyl sites for hydroxylation is 1. The van der Waals surface area contributed by atoms with Crippen LogP contribution >= 0.6 is 21.6 Å². The number of hydrogen-bond donors (Lipinski definition) is 10. The molecular weight excluding hydrogens is 823 g/mol.